The normalized spacial score (nSPS) is 20.0. The Morgan fingerprint density at radius 1 is 1.37 bits per heavy atom. The lowest BCUT2D eigenvalue weighted by Crippen LogP contribution is -2.41. The molecule has 1 atom stereocenters. The number of halogens is 1. The summed E-state index contributed by atoms with van der Waals surface area (Å²) in [6, 6.07) is 7.54. The maximum Gasteiger partial charge on any atom is 0.344 e. The molecule has 3 N–H and O–H groups in total. The maximum absolute atomic E-state index is 13.3. The molecule has 11 heteroatoms. The molecule has 9 nitrogen and oxygen atoms in total. The molecule has 2 aromatic rings. The Morgan fingerprint density at radius 3 is 3.00 bits per heavy atom. The fraction of sp³-hybridized carbons (Fsp3) is 0.316. The summed E-state index contributed by atoms with van der Waals surface area (Å²) in [6.07, 6.45) is 2.93. The number of nitrogens with one attached hydrogen (secondary N) is 1. The fourth-order valence-corrected chi connectivity index (χ4v) is 4.49. The number of carbonyl (C=O) groups excluding carboxylic acids is 1. The Labute approximate surface area is 172 Å². The molecule has 1 aromatic carbocycles. The van der Waals surface area contributed by atoms with Gasteiger partial charge in [0.15, 0.2) is 5.84 Å². The lowest BCUT2D eigenvalue weighted by Gasteiger charge is -2.33. The third-order valence-corrected chi connectivity index (χ3v) is 5.91. The van der Waals surface area contributed by atoms with Crippen LogP contribution in [0.4, 0.5) is 10.1 Å². The predicted molar refractivity (Wildman–Crippen MR) is 108 cm³/mol. The number of likely N-dealkylation sites (tertiary alicyclic amines) is 1. The highest BCUT2D eigenvalue weighted by Gasteiger charge is 2.27. The van der Waals surface area contributed by atoms with Gasteiger partial charge in [0.1, 0.15) is 5.75 Å². The van der Waals surface area contributed by atoms with Crippen molar-refractivity contribution in [1.82, 2.24) is 9.88 Å². The predicted octanol–water partition coefficient (Wildman–Crippen LogP) is 1.53. The van der Waals surface area contributed by atoms with Crippen LogP contribution in [0.25, 0.3) is 0 Å². The minimum absolute atomic E-state index is 0.0590. The summed E-state index contributed by atoms with van der Waals surface area (Å²) >= 11 is 0. The Bertz CT molecular complexity index is 1120. The second-order valence-electron chi connectivity index (χ2n) is 7.17. The monoisotopic (exact) mass is 433 g/mol. The Kier molecular flexibility index (Phi) is 5.29. The van der Waals surface area contributed by atoms with Crippen LogP contribution in [-0.4, -0.2) is 49.7 Å². The van der Waals surface area contributed by atoms with E-state index in [4.69, 9.17) is 10.5 Å². The summed E-state index contributed by atoms with van der Waals surface area (Å²) < 4.78 is 48.5. The zero-order chi connectivity index (χ0) is 21.3. The fourth-order valence-electron chi connectivity index (χ4n) is 3.65. The standard InChI is InChI=1S/C19H20FN5O4S/c20-16-9-13(6-7-22-16)19(26)25-8-2-3-12(10-25)11-29-15-5-1-4-14-17(15)18(21)24-30(27,28)23-14/h1,4-7,9,12,23H,2-3,8,10-11H2,(H2,21,24). The van der Waals surface area contributed by atoms with Gasteiger partial charge in [0.05, 0.1) is 17.9 Å². The molecule has 0 bridgehead atoms. The Balaban J connectivity index is 1.45. The number of amidine groups is 1. The molecule has 1 fully saturated rings. The van der Waals surface area contributed by atoms with Crippen molar-refractivity contribution in [3.05, 3.63) is 53.6 Å². The number of nitrogens with zero attached hydrogens (tertiary/aromatic N) is 3. The number of pyridine rings is 1. The van der Waals surface area contributed by atoms with Crippen molar-refractivity contribution in [3.63, 3.8) is 0 Å². The summed E-state index contributed by atoms with van der Waals surface area (Å²) in [6.45, 7) is 1.36. The first-order valence-electron chi connectivity index (χ1n) is 9.37. The van der Waals surface area contributed by atoms with Gasteiger partial charge in [0.2, 0.25) is 5.95 Å². The van der Waals surface area contributed by atoms with Crippen molar-refractivity contribution < 1.29 is 22.3 Å². The van der Waals surface area contributed by atoms with Crippen molar-refractivity contribution in [2.75, 3.05) is 24.4 Å². The molecule has 0 aliphatic carbocycles. The van der Waals surface area contributed by atoms with Crippen molar-refractivity contribution in [2.45, 2.75) is 12.8 Å². The van der Waals surface area contributed by atoms with E-state index in [0.29, 0.717) is 36.7 Å². The molecule has 0 radical (unpaired) electrons. The van der Waals surface area contributed by atoms with E-state index in [-0.39, 0.29) is 23.2 Å². The molecule has 2 aliphatic heterocycles. The minimum atomic E-state index is -3.86. The number of nitrogens with two attached hydrogens (primary N) is 1. The van der Waals surface area contributed by atoms with E-state index >= 15 is 0 Å². The Hall–Kier alpha value is -3.21. The van der Waals surface area contributed by atoms with Crippen LogP contribution in [0.1, 0.15) is 28.8 Å². The molecule has 2 aliphatic rings. The molecule has 0 spiro atoms. The van der Waals surface area contributed by atoms with Crippen molar-refractivity contribution in [3.8, 4) is 5.75 Å². The van der Waals surface area contributed by atoms with Crippen LogP contribution >= 0.6 is 0 Å². The van der Waals surface area contributed by atoms with Crippen LogP contribution in [-0.2, 0) is 10.2 Å². The van der Waals surface area contributed by atoms with Gasteiger partial charge < -0.3 is 15.4 Å². The summed E-state index contributed by atoms with van der Waals surface area (Å²) in [4.78, 5) is 17.8. The smallest absolute Gasteiger partial charge is 0.344 e. The van der Waals surface area contributed by atoms with Gasteiger partial charge in [-0.15, -0.1) is 4.40 Å². The number of fused-ring (bicyclic) bond motifs is 1. The molecule has 1 aromatic heterocycles. The van der Waals surface area contributed by atoms with Crippen molar-refractivity contribution in [2.24, 2.45) is 16.0 Å². The van der Waals surface area contributed by atoms with Gasteiger partial charge in [0.25, 0.3) is 5.91 Å². The van der Waals surface area contributed by atoms with E-state index in [1.54, 1.807) is 23.1 Å². The number of ether oxygens (including phenoxy) is 1. The second kappa shape index (κ2) is 7.90. The number of amides is 1. The lowest BCUT2D eigenvalue weighted by molar-refractivity contribution is 0.0632. The SMILES string of the molecule is NC1=NS(=O)(=O)Nc2cccc(OCC3CCCN(C(=O)c4ccnc(F)c4)C3)c21. The van der Waals surface area contributed by atoms with E-state index in [2.05, 4.69) is 14.1 Å². The number of hydrogen-bond donors (Lipinski definition) is 2. The summed E-state index contributed by atoms with van der Waals surface area (Å²) in [7, 11) is -3.86. The van der Waals surface area contributed by atoms with E-state index < -0.39 is 16.2 Å². The molecule has 30 heavy (non-hydrogen) atoms. The summed E-state index contributed by atoms with van der Waals surface area (Å²) in [5.41, 5.74) is 6.79. The molecular weight excluding hydrogens is 413 g/mol. The zero-order valence-electron chi connectivity index (χ0n) is 15.9. The highest BCUT2D eigenvalue weighted by molar-refractivity contribution is 7.91. The van der Waals surface area contributed by atoms with E-state index in [0.717, 1.165) is 18.9 Å². The number of hydrogen-bond acceptors (Lipinski definition) is 6. The second-order valence-corrected chi connectivity index (χ2v) is 8.51. The van der Waals surface area contributed by atoms with E-state index in [1.165, 1.54) is 12.3 Å². The molecular formula is C19H20FN5O4S. The van der Waals surface area contributed by atoms with Crippen LogP contribution in [0.5, 0.6) is 5.75 Å². The van der Waals surface area contributed by atoms with Crippen molar-refractivity contribution in [1.29, 1.82) is 0 Å². The highest BCUT2D eigenvalue weighted by Crippen LogP contribution is 2.31. The summed E-state index contributed by atoms with van der Waals surface area (Å²) in [5, 5.41) is 0. The topological polar surface area (TPSA) is 127 Å². The largest absolute Gasteiger partial charge is 0.492 e. The number of anilines is 1. The molecule has 0 saturated carbocycles. The minimum Gasteiger partial charge on any atom is -0.492 e. The Morgan fingerprint density at radius 2 is 2.20 bits per heavy atom. The van der Waals surface area contributed by atoms with Gasteiger partial charge in [-0.25, -0.2) is 4.98 Å². The zero-order valence-corrected chi connectivity index (χ0v) is 16.7. The van der Waals surface area contributed by atoms with Crippen LogP contribution in [0.3, 0.4) is 0 Å². The highest BCUT2D eigenvalue weighted by atomic mass is 32.2. The number of rotatable bonds is 4. The molecule has 1 unspecified atom stereocenters. The number of carbonyl (C=O) groups is 1. The average molecular weight is 433 g/mol. The maximum atomic E-state index is 13.3. The first-order chi connectivity index (χ1) is 14.3. The van der Waals surface area contributed by atoms with Crippen LogP contribution in [0, 0.1) is 11.9 Å². The molecule has 1 saturated heterocycles. The number of benzene rings is 1. The van der Waals surface area contributed by atoms with Crippen LogP contribution in [0.2, 0.25) is 0 Å². The number of piperidine rings is 1. The third kappa shape index (κ3) is 4.20. The van der Waals surface area contributed by atoms with Gasteiger partial charge >= 0.3 is 10.2 Å². The first kappa shape index (κ1) is 20.1. The van der Waals surface area contributed by atoms with Crippen LogP contribution < -0.4 is 15.2 Å². The van der Waals surface area contributed by atoms with Gasteiger partial charge in [-0.2, -0.15) is 12.8 Å². The van der Waals surface area contributed by atoms with Gasteiger partial charge in [-0.05, 0) is 31.0 Å². The molecule has 158 valence electrons. The number of aromatic nitrogens is 1. The molecule has 4 rings (SSSR count). The van der Waals surface area contributed by atoms with E-state index in [1.807, 2.05) is 0 Å². The summed E-state index contributed by atoms with van der Waals surface area (Å²) in [5.74, 6) is -0.607. The van der Waals surface area contributed by atoms with Crippen LogP contribution in [0.15, 0.2) is 40.9 Å². The third-order valence-electron chi connectivity index (χ3n) is 4.99. The van der Waals surface area contributed by atoms with Gasteiger partial charge in [-0.3, -0.25) is 9.52 Å². The first-order valence-corrected chi connectivity index (χ1v) is 10.8. The molecule has 1 amide bonds. The average Bonchev–Trinajstić information content (AvgIpc) is 2.70. The quantitative estimate of drug-likeness (QED) is 0.704. The van der Waals surface area contributed by atoms with Gasteiger partial charge in [0, 0.05) is 36.8 Å². The molecule has 3 heterocycles. The lowest BCUT2D eigenvalue weighted by atomic mass is 9.98. The van der Waals surface area contributed by atoms with E-state index in [9.17, 15) is 17.6 Å². The van der Waals surface area contributed by atoms with Gasteiger partial charge in [-0.1, -0.05) is 6.07 Å². The van der Waals surface area contributed by atoms with Crippen molar-refractivity contribution >= 4 is 27.6 Å².